The highest BCUT2D eigenvalue weighted by atomic mass is 16.6. The molecule has 6 fully saturated rings. The Bertz CT molecular complexity index is 2880. The van der Waals surface area contributed by atoms with E-state index in [1.165, 1.54) is 0 Å². The Kier molecular flexibility index (Phi) is 14.5. The summed E-state index contributed by atoms with van der Waals surface area (Å²) in [7, 11) is 3.43. The monoisotopic (exact) mass is 1020 g/mol. The van der Waals surface area contributed by atoms with E-state index in [0.717, 1.165) is 6.42 Å². The highest BCUT2D eigenvalue weighted by molar-refractivity contribution is 6.13. The molecule has 4 unspecified atom stereocenters. The van der Waals surface area contributed by atoms with Gasteiger partial charge in [0.25, 0.3) is 11.8 Å². The molecule has 6 aliphatic rings. The van der Waals surface area contributed by atoms with Gasteiger partial charge in [-0.1, -0.05) is 69.3 Å². The number of piperidine rings is 1. The van der Waals surface area contributed by atoms with E-state index in [1.54, 1.807) is 111 Å². The number of esters is 2. The van der Waals surface area contributed by atoms with Gasteiger partial charge in [0.2, 0.25) is 11.8 Å². The van der Waals surface area contributed by atoms with Gasteiger partial charge in [-0.25, -0.2) is 9.59 Å². The molecule has 5 saturated carbocycles. The lowest BCUT2D eigenvalue weighted by Crippen LogP contribution is -2.76. The molecule has 396 valence electrons. The number of methoxy groups -OCH3 is 2. The number of aliphatic hydroxyl groups is 1. The van der Waals surface area contributed by atoms with Crippen molar-refractivity contribution in [2.45, 2.75) is 109 Å². The number of hydrogen-bond donors (Lipinski definition) is 5. The van der Waals surface area contributed by atoms with Crippen molar-refractivity contribution >= 4 is 58.3 Å². The topological polar surface area (TPSA) is 211 Å². The van der Waals surface area contributed by atoms with Crippen LogP contribution in [0.4, 0.5) is 22.7 Å². The molecule has 4 aromatic rings. The maximum Gasteiger partial charge on any atom is 0.340 e. The van der Waals surface area contributed by atoms with Gasteiger partial charge in [0.05, 0.1) is 69.4 Å². The Morgan fingerprint density at radius 3 is 1.69 bits per heavy atom. The smallest absolute Gasteiger partial charge is 0.340 e. The van der Waals surface area contributed by atoms with Crippen molar-refractivity contribution in [1.29, 1.82) is 0 Å². The summed E-state index contributed by atoms with van der Waals surface area (Å²) < 4.78 is 26.1. The number of ether oxygens (including phenoxy) is 4. The molecular formula is C59H69N5O11. The van der Waals surface area contributed by atoms with Crippen LogP contribution in [0.5, 0.6) is 0 Å². The zero-order valence-electron chi connectivity index (χ0n) is 43.4. The number of fused-ring (bicyclic) bond motifs is 2. The van der Waals surface area contributed by atoms with Gasteiger partial charge >= 0.3 is 11.9 Å². The molecule has 1 heterocycles. The van der Waals surface area contributed by atoms with E-state index in [2.05, 4.69) is 33.1 Å². The van der Waals surface area contributed by atoms with Crippen LogP contribution in [-0.2, 0) is 28.5 Å². The van der Waals surface area contributed by atoms with Crippen molar-refractivity contribution in [3.8, 4) is 0 Å². The second-order valence-electron chi connectivity index (χ2n) is 21.7. The SMILES string of the molecule is CCCC(=O)Nc1ccccc1C(=O)Nc1ccccc1C(=O)OC[C@@]12CC[C@H](OC)C34C(C(C[C@@H]31)[C@@]1(O)C[C@H](OC)C3C[C@@H]4[C@@H]1[C@H]3OC(=O)c1ccccc1NC(=O)c1ccccc1NC(=O)CCC)N(CC)C2. The average Bonchev–Trinajstić information content (AvgIpc) is 4.10. The van der Waals surface area contributed by atoms with Gasteiger partial charge < -0.3 is 45.3 Å². The third kappa shape index (κ3) is 8.80. The normalized spacial score (nSPS) is 30.7. The summed E-state index contributed by atoms with van der Waals surface area (Å²) in [6, 6.07) is 26.9. The first-order chi connectivity index (χ1) is 36.3. The molecule has 0 radical (unpaired) electrons. The number of amides is 4. The lowest BCUT2D eigenvalue weighted by atomic mass is 9.43. The second kappa shape index (κ2) is 20.9. The predicted octanol–water partition coefficient (Wildman–Crippen LogP) is 8.59. The lowest BCUT2D eigenvalue weighted by Gasteiger charge is -2.69. The molecule has 0 aromatic heterocycles. The zero-order chi connectivity index (χ0) is 52.8. The number of benzene rings is 4. The highest BCUT2D eigenvalue weighted by Gasteiger charge is 2.84. The number of carbonyl (C=O) groups excluding carboxylic acids is 6. The van der Waals surface area contributed by atoms with Crippen molar-refractivity contribution in [2.24, 2.45) is 40.4 Å². The third-order valence-electron chi connectivity index (χ3n) is 18.1. The fraction of sp³-hybridized carbons (Fsp3) is 0.492. The van der Waals surface area contributed by atoms with Gasteiger partial charge in [0, 0.05) is 74.7 Å². The summed E-state index contributed by atoms with van der Waals surface area (Å²) in [5.41, 5.74) is -0.222. The van der Waals surface area contributed by atoms with Crippen LogP contribution in [0, 0.1) is 40.4 Å². The number of anilines is 4. The maximum atomic E-state index is 14.8. The van der Waals surface area contributed by atoms with E-state index in [9.17, 15) is 33.9 Å². The Balaban J connectivity index is 0.925. The van der Waals surface area contributed by atoms with E-state index in [4.69, 9.17) is 18.9 Å². The summed E-state index contributed by atoms with van der Waals surface area (Å²) in [4.78, 5) is 84.5. The minimum Gasteiger partial charge on any atom is -0.461 e. The van der Waals surface area contributed by atoms with E-state index >= 15 is 0 Å². The second-order valence-corrected chi connectivity index (χ2v) is 21.7. The standard InChI is InChI=1S/C59H69N5O11/c1-6-17-48(65)60-41-23-13-9-19-34(41)53(67)62-43-25-15-11-21-36(43)55(69)74-33-57-28-27-47(73-5)59-39-29-38-45(72-4)31-58(71,40(30-46(57)59)52(59)64(8-3)32-57)50(39)51(38)75-56(70)37-22-12-16-26-44(37)63-54(68)35-20-10-14-24-42(35)61-49(66)18-7-2/h9-16,19-26,38-40,45-47,50-52,71H,6-8,17-18,27-33H2,1-5H3,(H,60,65)(H,61,66)(H,62,67)(H,63,68)/t38?,39-,40?,45+,46-,47+,50-,51+,52?,57+,58+,59?/m1/s1. The van der Waals surface area contributed by atoms with E-state index in [1.807, 2.05) is 13.8 Å². The Morgan fingerprint density at radius 1 is 0.653 bits per heavy atom. The van der Waals surface area contributed by atoms with Gasteiger partial charge in [-0.15, -0.1) is 0 Å². The number of hydrogen-bond acceptors (Lipinski definition) is 12. The molecule has 10 rings (SSSR count). The molecule has 16 nitrogen and oxygen atoms in total. The van der Waals surface area contributed by atoms with Crippen molar-refractivity contribution in [2.75, 3.05) is 55.2 Å². The number of nitrogens with zero attached hydrogens (tertiary/aromatic N) is 1. The fourth-order valence-electron chi connectivity index (χ4n) is 15.3. The van der Waals surface area contributed by atoms with Crippen LogP contribution in [-0.4, -0.2) is 109 Å². The summed E-state index contributed by atoms with van der Waals surface area (Å²) in [6.07, 6.45) is 3.66. The number of rotatable bonds is 18. The summed E-state index contributed by atoms with van der Waals surface area (Å²) >= 11 is 0. The van der Waals surface area contributed by atoms with Crippen LogP contribution >= 0.6 is 0 Å². The van der Waals surface area contributed by atoms with Crippen LogP contribution in [0.15, 0.2) is 97.1 Å². The Hall–Kier alpha value is -6.46. The van der Waals surface area contributed by atoms with E-state index in [0.29, 0.717) is 75.8 Å². The minimum absolute atomic E-state index is 0.0232. The van der Waals surface area contributed by atoms with Gasteiger partial charge in [-0.05, 0) is 105 Å². The number of nitrogens with one attached hydrogen (secondary N) is 4. The van der Waals surface area contributed by atoms with Crippen LogP contribution in [0.1, 0.15) is 120 Å². The van der Waals surface area contributed by atoms with Gasteiger partial charge in [0.15, 0.2) is 0 Å². The number of carbonyl (C=O) groups is 6. The third-order valence-corrected chi connectivity index (χ3v) is 18.1. The van der Waals surface area contributed by atoms with Crippen molar-refractivity contribution in [1.82, 2.24) is 4.90 Å². The van der Waals surface area contributed by atoms with Crippen LogP contribution in [0.25, 0.3) is 0 Å². The van der Waals surface area contributed by atoms with Gasteiger partial charge in [-0.3, -0.25) is 24.1 Å². The molecular weight excluding hydrogens is 955 g/mol. The minimum atomic E-state index is -1.29. The quantitative estimate of drug-likeness (QED) is 0.0594. The van der Waals surface area contributed by atoms with E-state index in [-0.39, 0.29) is 87.9 Å². The molecule has 1 aliphatic heterocycles. The average molecular weight is 1020 g/mol. The molecule has 4 amide bonds. The molecule has 5 N–H and O–H groups in total. The van der Waals surface area contributed by atoms with Crippen molar-refractivity contribution in [3.63, 3.8) is 0 Å². The molecule has 16 heteroatoms. The van der Waals surface area contributed by atoms with Crippen LogP contribution in [0.3, 0.4) is 0 Å². The number of likely N-dealkylation sites (tertiary alicyclic amines) is 1. The molecule has 12 atom stereocenters. The molecule has 4 aromatic carbocycles. The Labute approximate surface area is 438 Å². The molecule has 1 saturated heterocycles. The molecule has 1 spiro atoms. The lowest BCUT2D eigenvalue weighted by molar-refractivity contribution is -0.275. The fourth-order valence-corrected chi connectivity index (χ4v) is 15.3. The summed E-state index contributed by atoms with van der Waals surface area (Å²) in [5.74, 6) is -3.76. The largest absolute Gasteiger partial charge is 0.461 e. The maximum absolute atomic E-state index is 14.8. The molecule has 75 heavy (non-hydrogen) atoms. The molecule has 5 aliphatic carbocycles. The molecule has 7 bridgehead atoms. The Morgan fingerprint density at radius 2 is 1.17 bits per heavy atom. The van der Waals surface area contributed by atoms with Gasteiger partial charge in [-0.2, -0.15) is 0 Å². The van der Waals surface area contributed by atoms with Crippen LogP contribution in [0.2, 0.25) is 0 Å². The predicted molar refractivity (Wildman–Crippen MR) is 281 cm³/mol. The first-order valence-corrected chi connectivity index (χ1v) is 26.7. The van der Waals surface area contributed by atoms with Gasteiger partial charge in [0.1, 0.15) is 6.10 Å². The summed E-state index contributed by atoms with van der Waals surface area (Å²) in [6.45, 7) is 7.40. The van der Waals surface area contributed by atoms with Crippen molar-refractivity contribution in [3.05, 3.63) is 119 Å². The highest BCUT2D eigenvalue weighted by Crippen LogP contribution is 2.79. The van der Waals surface area contributed by atoms with Crippen LogP contribution < -0.4 is 21.3 Å². The summed E-state index contributed by atoms with van der Waals surface area (Å²) in [5, 5.41) is 25.1. The van der Waals surface area contributed by atoms with Crippen molar-refractivity contribution < 1.29 is 52.8 Å². The zero-order valence-corrected chi connectivity index (χ0v) is 43.4. The first-order valence-electron chi connectivity index (χ1n) is 26.7. The first kappa shape index (κ1) is 52.0. The van der Waals surface area contributed by atoms with E-state index < -0.39 is 58.3 Å². The number of para-hydroxylation sites is 4.